The summed E-state index contributed by atoms with van der Waals surface area (Å²) in [5, 5.41) is 0. The van der Waals surface area contributed by atoms with Crippen LogP contribution in [0.4, 0.5) is 0 Å². The molecule has 0 unspecified atom stereocenters. The van der Waals surface area contributed by atoms with Crippen LogP contribution < -0.4 is 5.48 Å². The first-order valence-corrected chi connectivity index (χ1v) is 4.27. The molecule has 1 N–H and O–H groups in total. The van der Waals surface area contributed by atoms with E-state index < -0.39 is 0 Å². The molecule has 0 radical (unpaired) electrons. The Bertz CT molecular complexity index is 70.7. The molecule has 0 aromatic heterocycles. The summed E-state index contributed by atoms with van der Waals surface area (Å²) in [6.07, 6.45) is 1.89. The van der Waals surface area contributed by atoms with E-state index in [9.17, 15) is 0 Å². The van der Waals surface area contributed by atoms with Crippen LogP contribution in [-0.2, 0) is 14.3 Å². The second-order valence-electron chi connectivity index (χ2n) is 2.36. The SMILES string of the molecule is CNOCCCOCCCOC. The van der Waals surface area contributed by atoms with Gasteiger partial charge in [-0.2, -0.15) is 0 Å². The van der Waals surface area contributed by atoms with Gasteiger partial charge in [-0.1, -0.05) is 0 Å². The van der Waals surface area contributed by atoms with Crippen molar-refractivity contribution < 1.29 is 14.3 Å². The maximum absolute atomic E-state index is 5.29. The lowest BCUT2D eigenvalue weighted by Crippen LogP contribution is -2.10. The van der Waals surface area contributed by atoms with Gasteiger partial charge in [0.25, 0.3) is 0 Å². The molecular formula is C8H19NO3. The second-order valence-corrected chi connectivity index (χ2v) is 2.36. The molecule has 0 aromatic carbocycles. The van der Waals surface area contributed by atoms with Crippen molar-refractivity contribution in [3.05, 3.63) is 0 Å². The standard InChI is InChI=1S/C8H19NO3/c1-9-12-8-4-7-11-6-3-5-10-2/h9H,3-8H2,1-2H3. The summed E-state index contributed by atoms with van der Waals surface area (Å²) in [4.78, 5) is 4.91. The van der Waals surface area contributed by atoms with Crippen molar-refractivity contribution in [2.75, 3.05) is 40.6 Å². The molecule has 0 amide bonds. The molecule has 0 rings (SSSR count). The molecule has 0 spiro atoms. The van der Waals surface area contributed by atoms with Gasteiger partial charge < -0.3 is 14.3 Å². The van der Waals surface area contributed by atoms with Crippen molar-refractivity contribution in [3.63, 3.8) is 0 Å². The van der Waals surface area contributed by atoms with Crippen molar-refractivity contribution >= 4 is 0 Å². The van der Waals surface area contributed by atoms with Crippen molar-refractivity contribution in [1.82, 2.24) is 5.48 Å². The van der Waals surface area contributed by atoms with E-state index in [0.717, 1.165) is 32.7 Å². The van der Waals surface area contributed by atoms with Gasteiger partial charge in [0.1, 0.15) is 0 Å². The number of ether oxygens (including phenoxy) is 2. The second kappa shape index (κ2) is 10.8. The number of nitrogens with one attached hydrogen (secondary N) is 1. The van der Waals surface area contributed by atoms with Crippen LogP contribution in [0.1, 0.15) is 12.8 Å². The van der Waals surface area contributed by atoms with Crippen LogP contribution in [0, 0.1) is 0 Å². The van der Waals surface area contributed by atoms with Gasteiger partial charge >= 0.3 is 0 Å². The van der Waals surface area contributed by atoms with Crippen molar-refractivity contribution in [1.29, 1.82) is 0 Å². The highest BCUT2D eigenvalue weighted by atomic mass is 16.6. The summed E-state index contributed by atoms with van der Waals surface area (Å²) in [7, 11) is 3.44. The number of methoxy groups -OCH3 is 1. The van der Waals surface area contributed by atoms with Gasteiger partial charge in [0.05, 0.1) is 6.61 Å². The monoisotopic (exact) mass is 177 g/mol. The van der Waals surface area contributed by atoms with Crippen molar-refractivity contribution in [2.45, 2.75) is 12.8 Å². The van der Waals surface area contributed by atoms with Gasteiger partial charge in [-0.05, 0) is 12.8 Å². The molecule has 0 aliphatic rings. The normalized spacial score (nSPS) is 10.5. The third kappa shape index (κ3) is 9.84. The molecule has 12 heavy (non-hydrogen) atoms. The summed E-state index contributed by atoms with van der Waals surface area (Å²) >= 11 is 0. The fourth-order valence-electron chi connectivity index (χ4n) is 0.743. The lowest BCUT2D eigenvalue weighted by atomic mass is 10.4. The molecule has 0 aliphatic carbocycles. The van der Waals surface area contributed by atoms with Gasteiger partial charge in [0.15, 0.2) is 0 Å². The summed E-state index contributed by atoms with van der Waals surface area (Å²) in [5.41, 5.74) is 2.60. The fourth-order valence-corrected chi connectivity index (χ4v) is 0.743. The third-order valence-electron chi connectivity index (χ3n) is 1.32. The van der Waals surface area contributed by atoms with Gasteiger partial charge in [0.2, 0.25) is 0 Å². The maximum atomic E-state index is 5.29. The number of hydroxylamine groups is 1. The van der Waals surface area contributed by atoms with Gasteiger partial charge in [-0.3, -0.25) is 0 Å². The van der Waals surface area contributed by atoms with E-state index in [1.54, 1.807) is 14.2 Å². The predicted octanol–water partition coefficient (Wildman–Crippen LogP) is 0.581. The quantitative estimate of drug-likeness (QED) is 0.413. The topological polar surface area (TPSA) is 39.7 Å². The third-order valence-corrected chi connectivity index (χ3v) is 1.32. The number of hydrogen-bond donors (Lipinski definition) is 1. The minimum atomic E-state index is 0.695. The molecule has 74 valence electrons. The Morgan fingerprint density at radius 2 is 1.67 bits per heavy atom. The molecule has 0 saturated carbocycles. The minimum Gasteiger partial charge on any atom is -0.385 e. The smallest absolute Gasteiger partial charge is 0.0703 e. The van der Waals surface area contributed by atoms with E-state index in [0.29, 0.717) is 6.61 Å². The molecular weight excluding hydrogens is 158 g/mol. The predicted molar refractivity (Wildman–Crippen MR) is 46.9 cm³/mol. The largest absolute Gasteiger partial charge is 0.385 e. The van der Waals surface area contributed by atoms with Crippen LogP contribution in [0.15, 0.2) is 0 Å². The van der Waals surface area contributed by atoms with E-state index in [4.69, 9.17) is 14.3 Å². The summed E-state index contributed by atoms with van der Waals surface area (Å²) in [6.45, 7) is 2.99. The highest BCUT2D eigenvalue weighted by molar-refractivity contribution is 4.35. The van der Waals surface area contributed by atoms with Crippen LogP contribution >= 0.6 is 0 Å². The Hall–Kier alpha value is -0.160. The van der Waals surface area contributed by atoms with E-state index in [2.05, 4.69) is 5.48 Å². The van der Waals surface area contributed by atoms with Crippen LogP contribution in [0.2, 0.25) is 0 Å². The summed E-state index contributed by atoms with van der Waals surface area (Å²) in [6, 6.07) is 0. The maximum Gasteiger partial charge on any atom is 0.0703 e. The molecule has 0 atom stereocenters. The van der Waals surface area contributed by atoms with E-state index in [1.165, 1.54) is 0 Å². The van der Waals surface area contributed by atoms with Gasteiger partial charge in [-0.25, -0.2) is 5.48 Å². The van der Waals surface area contributed by atoms with Crippen LogP contribution in [0.5, 0.6) is 0 Å². The molecule has 0 aromatic rings. The Kier molecular flexibility index (Phi) is 10.7. The zero-order valence-electron chi connectivity index (χ0n) is 7.97. The van der Waals surface area contributed by atoms with Crippen LogP contribution in [-0.4, -0.2) is 40.6 Å². The molecule has 4 heteroatoms. The molecule has 0 bridgehead atoms. The Labute approximate surface area is 74.1 Å². The Morgan fingerprint density at radius 3 is 2.25 bits per heavy atom. The molecule has 0 saturated heterocycles. The summed E-state index contributed by atoms with van der Waals surface area (Å²) in [5.74, 6) is 0. The average molecular weight is 177 g/mol. The van der Waals surface area contributed by atoms with E-state index in [-0.39, 0.29) is 0 Å². The minimum absolute atomic E-state index is 0.695. The molecule has 4 nitrogen and oxygen atoms in total. The first-order valence-electron chi connectivity index (χ1n) is 4.27. The zero-order chi connectivity index (χ0) is 9.07. The molecule has 0 fully saturated rings. The molecule has 0 aliphatic heterocycles. The lowest BCUT2D eigenvalue weighted by Gasteiger charge is -2.03. The Balaban J connectivity index is 2.73. The Morgan fingerprint density at radius 1 is 1.00 bits per heavy atom. The van der Waals surface area contributed by atoms with Crippen LogP contribution in [0.3, 0.4) is 0 Å². The number of hydrogen-bond acceptors (Lipinski definition) is 4. The van der Waals surface area contributed by atoms with Gasteiger partial charge in [-0.15, -0.1) is 0 Å². The first kappa shape index (κ1) is 11.8. The van der Waals surface area contributed by atoms with Gasteiger partial charge in [0, 0.05) is 34.0 Å². The average Bonchev–Trinajstić information content (AvgIpc) is 2.10. The first-order chi connectivity index (χ1) is 5.91. The highest BCUT2D eigenvalue weighted by Gasteiger charge is 1.89. The van der Waals surface area contributed by atoms with Crippen LogP contribution in [0.25, 0.3) is 0 Å². The van der Waals surface area contributed by atoms with E-state index >= 15 is 0 Å². The molecule has 0 heterocycles. The van der Waals surface area contributed by atoms with E-state index in [1.807, 2.05) is 0 Å². The number of rotatable bonds is 9. The lowest BCUT2D eigenvalue weighted by molar-refractivity contribution is 0.0327. The van der Waals surface area contributed by atoms with Crippen molar-refractivity contribution in [2.24, 2.45) is 0 Å². The fraction of sp³-hybridized carbons (Fsp3) is 1.00. The summed E-state index contributed by atoms with van der Waals surface area (Å²) < 4.78 is 10.2. The zero-order valence-corrected chi connectivity index (χ0v) is 7.97. The highest BCUT2D eigenvalue weighted by Crippen LogP contribution is 1.86. The van der Waals surface area contributed by atoms with Crippen molar-refractivity contribution in [3.8, 4) is 0 Å².